The fourth-order valence-corrected chi connectivity index (χ4v) is 1.81. The van der Waals surface area contributed by atoms with Crippen molar-refractivity contribution in [3.05, 3.63) is 60.8 Å². The predicted octanol–water partition coefficient (Wildman–Crippen LogP) is 2.06. The molecule has 0 aromatic carbocycles. The normalized spacial score (nSPS) is 12.3. The maximum absolute atomic E-state index is 6.09. The first-order chi connectivity index (χ1) is 10.2. The number of aromatic nitrogens is 3. The SMILES string of the molecule is C=CN=C(/C=C(\N)c1cn(-c2cccnc2)nc1C)OC. The number of ether oxygens (including phenoxy) is 1. The number of aliphatic imine (C=N–C) groups is 1. The Bertz CT molecular complexity index is 685. The first-order valence-corrected chi connectivity index (χ1v) is 6.32. The van der Waals surface area contributed by atoms with Gasteiger partial charge in [0.2, 0.25) is 5.90 Å². The van der Waals surface area contributed by atoms with E-state index in [1.54, 1.807) is 23.2 Å². The molecule has 0 bridgehead atoms. The van der Waals surface area contributed by atoms with Crippen molar-refractivity contribution in [1.82, 2.24) is 14.8 Å². The third-order valence-electron chi connectivity index (χ3n) is 2.83. The van der Waals surface area contributed by atoms with Gasteiger partial charge in [0, 0.05) is 35.9 Å². The molecule has 21 heavy (non-hydrogen) atoms. The van der Waals surface area contributed by atoms with E-state index in [2.05, 4.69) is 21.7 Å². The molecule has 0 aliphatic heterocycles. The molecule has 0 fully saturated rings. The van der Waals surface area contributed by atoms with Gasteiger partial charge in [-0.25, -0.2) is 9.67 Å². The molecular formula is C15H17N5O. The summed E-state index contributed by atoms with van der Waals surface area (Å²) < 4.78 is 6.83. The van der Waals surface area contributed by atoms with Crippen molar-refractivity contribution in [1.29, 1.82) is 0 Å². The van der Waals surface area contributed by atoms with Crippen LogP contribution in [0.3, 0.4) is 0 Å². The molecule has 6 heteroatoms. The van der Waals surface area contributed by atoms with E-state index < -0.39 is 0 Å². The number of hydrogen-bond donors (Lipinski definition) is 1. The Morgan fingerprint density at radius 2 is 2.33 bits per heavy atom. The summed E-state index contributed by atoms with van der Waals surface area (Å²) in [6.45, 7) is 5.42. The number of methoxy groups -OCH3 is 1. The van der Waals surface area contributed by atoms with E-state index in [-0.39, 0.29) is 0 Å². The highest BCUT2D eigenvalue weighted by Gasteiger charge is 2.09. The summed E-state index contributed by atoms with van der Waals surface area (Å²) in [5, 5.41) is 4.44. The molecule has 0 spiro atoms. The maximum Gasteiger partial charge on any atom is 0.214 e. The van der Waals surface area contributed by atoms with Gasteiger partial charge in [0.25, 0.3) is 0 Å². The van der Waals surface area contributed by atoms with Gasteiger partial charge in [-0.05, 0) is 19.1 Å². The minimum Gasteiger partial charge on any atom is -0.481 e. The number of aryl methyl sites for hydroxylation is 1. The lowest BCUT2D eigenvalue weighted by molar-refractivity contribution is 0.407. The van der Waals surface area contributed by atoms with Gasteiger partial charge in [0.15, 0.2) is 0 Å². The Morgan fingerprint density at radius 1 is 1.52 bits per heavy atom. The summed E-state index contributed by atoms with van der Waals surface area (Å²) in [6.07, 6.45) is 8.33. The predicted molar refractivity (Wildman–Crippen MR) is 82.9 cm³/mol. The molecule has 0 radical (unpaired) electrons. The molecule has 2 N–H and O–H groups in total. The average Bonchev–Trinajstić information content (AvgIpc) is 2.89. The van der Waals surface area contributed by atoms with Crippen LogP contribution in [0.5, 0.6) is 0 Å². The summed E-state index contributed by atoms with van der Waals surface area (Å²) in [5.41, 5.74) is 9.10. The Morgan fingerprint density at radius 3 is 2.95 bits per heavy atom. The summed E-state index contributed by atoms with van der Waals surface area (Å²) in [4.78, 5) is 8.04. The zero-order valence-corrected chi connectivity index (χ0v) is 12.0. The van der Waals surface area contributed by atoms with E-state index in [1.165, 1.54) is 13.3 Å². The van der Waals surface area contributed by atoms with Crippen LogP contribution in [0.1, 0.15) is 11.3 Å². The lowest BCUT2D eigenvalue weighted by atomic mass is 10.2. The van der Waals surface area contributed by atoms with Gasteiger partial charge in [-0.3, -0.25) is 4.98 Å². The van der Waals surface area contributed by atoms with Crippen LogP contribution in [0, 0.1) is 6.92 Å². The summed E-state index contributed by atoms with van der Waals surface area (Å²) in [5.74, 6) is 0.385. The van der Waals surface area contributed by atoms with Gasteiger partial charge >= 0.3 is 0 Å². The van der Waals surface area contributed by atoms with Crippen LogP contribution in [-0.2, 0) is 4.74 Å². The quantitative estimate of drug-likeness (QED) is 0.688. The minimum atomic E-state index is 0.385. The highest BCUT2D eigenvalue weighted by molar-refractivity contribution is 5.95. The molecule has 2 aromatic rings. The van der Waals surface area contributed by atoms with E-state index in [1.807, 2.05) is 25.3 Å². The van der Waals surface area contributed by atoms with Gasteiger partial charge in [-0.15, -0.1) is 0 Å². The van der Waals surface area contributed by atoms with Gasteiger partial charge < -0.3 is 10.5 Å². The Kier molecular flexibility index (Phi) is 4.50. The lowest BCUT2D eigenvalue weighted by Crippen LogP contribution is -2.03. The zero-order valence-electron chi connectivity index (χ0n) is 12.0. The molecule has 0 unspecified atom stereocenters. The topological polar surface area (TPSA) is 78.3 Å². The molecule has 0 amide bonds. The van der Waals surface area contributed by atoms with Crippen molar-refractivity contribution in [3.8, 4) is 5.69 Å². The zero-order chi connectivity index (χ0) is 15.2. The molecule has 108 valence electrons. The van der Waals surface area contributed by atoms with Gasteiger partial charge in [0.05, 0.1) is 24.7 Å². The van der Waals surface area contributed by atoms with Gasteiger partial charge in [-0.1, -0.05) is 6.58 Å². The van der Waals surface area contributed by atoms with Crippen LogP contribution in [0.25, 0.3) is 11.4 Å². The second-order valence-electron chi connectivity index (χ2n) is 4.24. The molecule has 2 rings (SSSR count). The van der Waals surface area contributed by atoms with Crippen LogP contribution in [0.2, 0.25) is 0 Å². The highest BCUT2D eigenvalue weighted by atomic mass is 16.5. The van der Waals surface area contributed by atoms with Crippen LogP contribution in [0.4, 0.5) is 0 Å². The van der Waals surface area contributed by atoms with Gasteiger partial charge in [0.1, 0.15) is 0 Å². The summed E-state index contributed by atoms with van der Waals surface area (Å²) in [7, 11) is 1.53. The first kappa shape index (κ1) is 14.5. The Balaban J connectivity index is 2.37. The Labute approximate surface area is 123 Å². The summed E-state index contributed by atoms with van der Waals surface area (Å²) in [6, 6.07) is 3.77. The molecule has 0 aliphatic rings. The molecule has 0 saturated carbocycles. The molecule has 2 heterocycles. The number of nitrogens with zero attached hydrogens (tertiary/aromatic N) is 4. The average molecular weight is 283 g/mol. The molecule has 2 aromatic heterocycles. The van der Waals surface area contributed by atoms with Crippen LogP contribution in [0.15, 0.2) is 54.6 Å². The summed E-state index contributed by atoms with van der Waals surface area (Å²) >= 11 is 0. The van der Waals surface area contributed by atoms with Crippen molar-refractivity contribution in [3.63, 3.8) is 0 Å². The largest absolute Gasteiger partial charge is 0.481 e. The third-order valence-corrected chi connectivity index (χ3v) is 2.83. The fourth-order valence-electron chi connectivity index (χ4n) is 1.81. The van der Waals surface area contributed by atoms with Crippen molar-refractivity contribution in [2.45, 2.75) is 6.92 Å². The highest BCUT2D eigenvalue weighted by Crippen LogP contribution is 2.16. The standard InChI is InChI=1S/C15H17N5O/c1-4-18-15(21-3)8-14(16)13-10-20(19-11(13)2)12-6-5-7-17-9-12/h4-10H,1,16H2,2-3H3/b14-8-,18-15?. The molecule has 0 saturated heterocycles. The van der Waals surface area contributed by atoms with Crippen LogP contribution in [-0.4, -0.2) is 27.8 Å². The van der Waals surface area contributed by atoms with Gasteiger partial charge in [-0.2, -0.15) is 5.10 Å². The van der Waals surface area contributed by atoms with Crippen molar-refractivity contribution in [2.75, 3.05) is 7.11 Å². The van der Waals surface area contributed by atoms with E-state index in [0.717, 1.165) is 16.9 Å². The van der Waals surface area contributed by atoms with Crippen LogP contribution < -0.4 is 5.73 Å². The van der Waals surface area contributed by atoms with E-state index >= 15 is 0 Å². The fraction of sp³-hybridized carbons (Fsp3) is 0.133. The van der Waals surface area contributed by atoms with Crippen molar-refractivity contribution < 1.29 is 4.74 Å². The molecule has 6 nitrogen and oxygen atoms in total. The third kappa shape index (κ3) is 3.36. The maximum atomic E-state index is 6.09. The van der Waals surface area contributed by atoms with Crippen LogP contribution >= 0.6 is 0 Å². The van der Waals surface area contributed by atoms with Crippen molar-refractivity contribution in [2.24, 2.45) is 10.7 Å². The second-order valence-corrected chi connectivity index (χ2v) is 4.24. The van der Waals surface area contributed by atoms with E-state index in [9.17, 15) is 0 Å². The number of rotatable bonds is 4. The molecule has 0 aliphatic carbocycles. The minimum absolute atomic E-state index is 0.385. The molecular weight excluding hydrogens is 266 g/mol. The van der Waals surface area contributed by atoms with E-state index in [4.69, 9.17) is 10.5 Å². The van der Waals surface area contributed by atoms with E-state index in [0.29, 0.717) is 11.6 Å². The second kappa shape index (κ2) is 6.51. The van der Waals surface area contributed by atoms with Crippen molar-refractivity contribution >= 4 is 11.6 Å². The number of pyridine rings is 1. The first-order valence-electron chi connectivity index (χ1n) is 6.32. The number of nitrogens with two attached hydrogens (primary N) is 1. The monoisotopic (exact) mass is 283 g/mol. The number of hydrogen-bond acceptors (Lipinski definition) is 5. The Hall–Kier alpha value is -2.89. The molecule has 0 atom stereocenters. The smallest absolute Gasteiger partial charge is 0.214 e. The lowest BCUT2D eigenvalue weighted by Gasteiger charge is -2.01.